The van der Waals surface area contributed by atoms with E-state index in [-0.39, 0.29) is 10.6 Å². The van der Waals surface area contributed by atoms with Crippen molar-refractivity contribution in [2.24, 2.45) is 0 Å². The van der Waals surface area contributed by atoms with E-state index in [1.165, 1.54) is 15.1 Å². The van der Waals surface area contributed by atoms with Gasteiger partial charge in [0.25, 0.3) is 5.56 Å². The fourth-order valence-corrected chi connectivity index (χ4v) is 4.01. The molecular formula is C22H24ClN4O2+. The standard InChI is InChI=1S/C22H23ClN4O2/c1-29-20-10-6-5-7-17(20)16-25-11-13-26(14-12-25)19-15-24-27(22(28)21(19)23)18-8-3-2-4-9-18/h2-10,15H,11-14,16H2,1H3/p+1. The Balaban J connectivity index is 1.46. The summed E-state index contributed by atoms with van der Waals surface area (Å²) in [7, 11) is 1.71. The van der Waals surface area contributed by atoms with E-state index in [0.717, 1.165) is 38.5 Å². The van der Waals surface area contributed by atoms with Crippen molar-refractivity contribution >= 4 is 17.3 Å². The van der Waals surface area contributed by atoms with Crippen molar-refractivity contribution in [3.05, 3.63) is 81.7 Å². The largest absolute Gasteiger partial charge is 0.496 e. The summed E-state index contributed by atoms with van der Waals surface area (Å²) in [4.78, 5) is 16.4. The molecule has 2 heterocycles. The van der Waals surface area contributed by atoms with Crippen LogP contribution in [0.3, 0.4) is 0 Å². The molecule has 1 aliphatic rings. The molecule has 0 aliphatic carbocycles. The molecule has 1 saturated heterocycles. The number of nitrogens with zero attached hydrogens (tertiary/aromatic N) is 3. The highest BCUT2D eigenvalue weighted by Gasteiger charge is 2.24. The highest BCUT2D eigenvalue weighted by molar-refractivity contribution is 6.33. The maximum Gasteiger partial charge on any atom is 0.292 e. The van der Waals surface area contributed by atoms with Crippen LogP contribution in [0.1, 0.15) is 5.56 Å². The number of halogens is 1. The summed E-state index contributed by atoms with van der Waals surface area (Å²) in [6.45, 7) is 4.47. The van der Waals surface area contributed by atoms with Gasteiger partial charge in [-0.1, -0.05) is 41.9 Å². The molecule has 1 aliphatic heterocycles. The molecule has 7 heteroatoms. The Kier molecular flexibility index (Phi) is 5.83. The van der Waals surface area contributed by atoms with Gasteiger partial charge in [-0.05, 0) is 24.3 Å². The van der Waals surface area contributed by atoms with Gasteiger partial charge in [0.15, 0.2) is 0 Å². The highest BCUT2D eigenvalue weighted by Crippen LogP contribution is 2.22. The van der Waals surface area contributed by atoms with Crippen molar-refractivity contribution in [3.63, 3.8) is 0 Å². The van der Waals surface area contributed by atoms with E-state index in [9.17, 15) is 4.79 Å². The summed E-state index contributed by atoms with van der Waals surface area (Å²) < 4.78 is 6.81. The zero-order chi connectivity index (χ0) is 20.2. The quantitative estimate of drug-likeness (QED) is 0.695. The third-order valence-electron chi connectivity index (χ3n) is 5.35. The number of piperazine rings is 1. The average Bonchev–Trinajstić information content (AvgIpc) is 2.77. The minimum atomic E-state index is -0.292. The Morgan fingerprint density at radius 1 is 1.07 bits per heavy atom. The van der Waals surface area contributed by atoms with Gasteiger partial charge in [0, 0.05) is 5.56 Å². The second-order valence-corrected chi connectivity index (χ2v) is 7.50. The fraction of sp³-hybridized carbons (Fsp3) is 0.273. The van der Waals surface area contributed by atoms with Crippen LogP contribution in [-0.4, -0.2) is 43.1 Å². The Labute approximate surface area is 174 Å². The predicted molar refractivity (Wildman–Crippen MR) is 114 cm³/mol. The van der Waals surface area contributed by atoms with Crippen LogP contribution in [0.15, 0.2) is 65.6 Å². The van der Waals surface area contributed by atoms with Gasteiger partial charge >= 0.3 is 0 Å². The van der Waals surface area contributed by atoms with Crippen molar-refractivity contribution in [3.8, 4) is 11.4 Å². The number of quaternary nitrogens is 1. The van der Waals surface area contributed by atoms with Crippen LogP contribution in [0.2, 0.25) is 5.02 Å². The van der Waals surface area contributed by atoms with Crippen LogP contribution < -0.4 is 20.1 Å². The molecule has 4 rings (SSSR count). The number of ether oxygens (including phenoxy) is 1. The Bertz CT molecular complexity index is 1030. The second-order valence-electron chi connectivity index (χ2n) is 7.12. The van der Waals surface area contributed by atoms with E-state index >= 15 is 0 Å². The summed E-state index contributed by atoms with van der Waals surface area (Å²) >= 11 is 6.45. The molecule has 0 radical (unpaired) electrons. The molecule has 0 spiro atoms. The van der Waals surface area contributed by atoms with E-state index in [4.69, 9.17) is 16.3 Å². The van der Waals surface area contributed by atoms with E-state index in [2.05, 4.69) is 16.1 Å². The van der Waals surface area contributed by atoms with Gasteiger partial charge in [-0.3, -0.25) is 4.79 Å². The van der Waals surface area contributed by atoms with E-state index < -0.39 is 0 Å². The predicted octanol–water partition coefficient (Wildman–Crippen LogP) is 1.80. The van der Waals surface area contributed by atoms with Crippen LogP contribution in [0, 0.1) is 0 Å². The lowest BCUT2D eigenvalue weighted by atomic mass is 10.1. The minimum Gasteiger partial charge on any atom is -0.496 e. The van der Waals surface area contributed by atoms with Gasteiger partial charge in [0.1, 0.15) is 17.3 Å². The van der Waals surface area contributed by atoms with Crippen LogP contribution in [0.25, 0.3) is 5.69 Å². The van der Waals surface area contributed by atoms with Crippen LogP contribution >= 0.6 is 11.6 Å². The van der Waals surface area contributed by atoms with Crippen molar-refractivity contribution in [1.29, 1.82) is 0 Å². The number of methoxy groups -OCH3 is 1. The van der Waals surface area contributed by atoms with Crippen molar-refractivity contribution < 1.29 is 9.64 Å². The van der Waals surface area contributed by atoms with Crippen LogP contribution in [0.4, 0.5) is 5.69 Å². The molecule has 1 fully saturated rings. The number of rotatable bonds is 5. The van der Waals surface area contributed by atoms with E-state index in [1.807, 2.05) is 48.5 Å². The molecule has 3 aromatic rings. The number of nitrogens with one attached hydrogen (secondary N) is 1. The zero-order valence-corrected chi connectivity index (χ0v) is 17.1. The third-order valence-corrected chi connectivity index (χ3v) is 5.70. The Morgan fingerprint density at radius 2 is 1.76 bits per heavy atom. The Morgan fingerprint density at radius 3 is 2.48 bits per heavy atom. The number of benzene rings is 2. The van der Waals surface area contributed by atoms with Crippen molar-refractivity contribution in [2.45, 2.75) is 6.54 Å². The molecule has 29 heavy (non-hydrogen) atoms. The molecule has 0 atom stereocenters. The molecule has 2 aromatic carbocycles. The lowest BCUT2D eigenvalue weighted by Crippen LogP contribution is -3.13. The van der Waals surface area contributed by atoms with Gasteiger partial charge in [-0.2, -0.15) is 9.78 Å². The molecule has 150 valence electrons. The van der Waals surface area contributed by atoms with Crippen LogP contribution in [-0.2, 0) is 6.54 Å². The lowest BCUT2D eigenvalue weighted by molar-refractivity contribution is -0.914. The SMILES string of the molecule is COc1ccccc1C[NH+]1CCN(c2cnn(-c3ccccc3)c(=O)c2Cl)CC1. The maximum absolute atomic E-state index is 12.7. The number of aromatic nitrogens is 2. The molecule has 0 unspecified atom stereocenters. The first-order valence-electron chi connectivity index (χ1n) is 9.71. The van der Waals surface area contributed by atoms with Gasteiger partial charge in [0.2, 0.25) is 0 Å². The number of anilines is 1. The summed E-state index contributed by atoms with van der Waals surface area (Å²) in [6, 6.07) is 17.5. The molecule has 0 bridgehead atoms. The second kappa shape index (κ2) is 8.68. The molecule has 1 N–H and O–H groups in total. The third kappa shape index (κ3) is 4.13. The monoisotopic (exact) mass is 411 g/mol. The summed E-state index contributed by atoms with van der Waals surface area (Å²) in [5.41, 5.74) is 2.33. The summed E-state index contributed by atoms with van der Waals surface area (Å²) in [6.07, 6.45) is 1.70. The number of para-hydroxylation sites is 2. The number of hydrogen-bond donors (Lipinski definition) is 1. The molecule has 0 saturated carbocycles. The Hall–Kier alpha value is -2.83. The van der Waals surface area contributed by atoms with E-state index in [0.29, 0.717) is 11.4 Å². The molecule has 0 amide bonds. The average molecular weight is 412 g/mol. The topological polar surface area (TPSA) is 51.8 Å². The van der Waals surface area contributed by atoms with Gasteiger partial charge in [-0.25, -0.2) is 0 Å². The summed E-state index contributed by atoms with van der Waals surface area (Å²) in [5.74, 6) is 0.930. The highest BCUT2D eigenvalue weighted by atomic mass is 35.5. The first kappa shape index (κ1) is 19.5. The maximum atomic E-state index is 12.7. The smallest absolute Gasteiger partial charge is 0.292 e. The summed E-state index contributed by atoms with van der Waals surface area (Å²) in [5, 5.41) is 4.57. The minimum absolute atomic E-state index is 0.219. The first-order chi connectivity index (χ1) is 14.2. The molecule has 6 nitrogen and oxygen atoms in total. The fourth-order valence-electron chi connectivity index (χ4n) is 3.76. The first-order valence-corrected chi connectivity index (χ1v) is 10.1. The lowest BCUT2D eigenvalue weighted by Gasteiger charge is -2.34. The normalized spacial score (nSPS) is 14.8. The van der Waals surface area contributed by atoms with Crippen LogP contribution in [0.5, 0.6) is 5.75 Å². The molecular weight excluding hydrogens is 388 g/mol. The van der Waals surface area contributed by atoms with Crippen molar-refractivity contribution in [1.82, 2.24) is 9.78 Å². The molecule has 1 aromatic heterocycles. The van der Waals surface area contributed by atoms with Gasteiger partial charge in [0.05, 0.1) is 50.9 Å². The van der Waals surface area contributed by atoms with Gasteiger partial charge in [-0.15, -0.1) is 0 Å². The van der Waals surface area contributed by atoms with Crippen molar-refractivity contribution in [2.75, 3.05) is 38.2 Å². The van der Waals surface area contributed by atoms with E-state index in [1.54, 1.807) is 13.3 Å². The van der Waals surface area contributed by atoms with Gasteiger partial charge < -0.3 is 14.5 Å². The zero-order valence-electron chi connectivity index (χ0n) is 16.3. The number of hydrogen-bond acceptors (Lipinski definition) is 4.